The lowest BCUT2D eigenvalue weighted by Gasteiger charge is -2.04. The van der Waals surface area contributed by atoms with Crippen LogP contribution in [-0.4, -0.2) is 15.3 Å². The monoisotopic (exact) mass is 360 g/mol. The van der Waals surface area contributed by atoms with Gasteiger partial charge in [-0.15, -0.1) is 11.3 Å². The highest BCUT2D eigenvalue weighted by molar-refractivity contribution is 14.1. The maximum atomic E-state index is 12.0. The van der Waals surface area contributed by atoms with Crippen LogP contribution in [-0.2, 0) is 13.0 Å². The molecule has 2 aromatic rings. The number of hydrogen-bond acceptors (Lipinski definition) is 3. The lowest BCUT2D eigenvalue weighted by molar-refractivity contribution is 0.0990. The third-order valence-corrected chi connectivity index (χ3v) is 4.26. The fraction of sp³-hybridized carbons (Fsp3) is 0.333. The number of nitrogens with zero attached hydrogens (tertiary/aromatic N) is 2. The van der Waals surface area contributed by atoms with Gasteiger partial charge in [0, 0.05) is 29.9 Å². The standard InChI is InChI=1S/C12H13IN2OS/c1-2-4-15-5-3-14-12(15)7-10(16)9-6-11(13)17-8-9/h3,5-6,8H,2,4,7H2,1H3. The van der Waals surface area contributed by atoms with Crippen molar-refractivity contribution in [1.82, 2.24) is 9.55 Å². The van der Waals surface area contributed by atoms with Gasteiger partial charge in [-0.1, -0.05) is 6.92 Å². The second kappa shape index (κ2) is 5.77. The van der Waals surface area contributed by atoms with Crippen molar-refractivity contribution in [3.05, 3.63) is 38.1 Å². The summed E-state index contributed by atoms with van der Waals surface area (Å²) >= 11 is 3.83. The van der Waals surface area contributed by atoms with Gasteiger partial charge in [-0.25, -0.2) is 4.98 Å². The van der Waals surface area contributed by atoms with Crippen molar-refractivity contribution < 1.29 is 4.79 Å². The number of thiophene rings is 1. The van der Waals surface area contributed by atoms with Crippen LogP contribution in [0.3, 0.4) is 0 Å². The molecule has 0 radical (unpaired) electrons. The van der Waals surface area contributed by atoms with E-state index in [2.05, 4.69) is 39.1 Å². The molecule has 0 saturated carbocycles. The fourth-order valence-corrected chi connectivity index (χ4v) is 3.00. The Labute approximate surface area is 118 Å². The molecule has 0 N–H and O–H groups in total. The number of aromatic nitrogens is 2. The van der Waals surface area contributed by atoms with Gasteiger partial charge in [0.1, 0.15) is 5.82 Å². The Hall–Kier alpha value is -0.690. The Kier molecular flexibility index (Phi) is 4.33. The summed E-state index contributed by atoms with van der Waals surface area (Å²) in [6.45, 7) is 3.04. The molecule has 0 unspecified atom stereocenters. The van der Waals surface area contributed by atoms with Gasteiger partial charge in [0.2, 0.25) is 0 Å². The van der Waals surface area contributed by atoms with Crippen molar-refractivity contribution in [1.29, 1.82) is 0 Å². The molecule has 17 heavy (non-hydrogen) atoms. The third kappa shape index (κ3) is 3.16. The molecule has 0 aliphatic rings. The summed E-state index contributed by atoms with van der Waals surface area (Å²) in [5.41, 5.74) is 0.797. The van der Waals surface area contributed by atoms with E-state index in [0.29, 0.717) is 6.42 Å². The number of aryl methyl sites for hydroxylation is 1. The van der Waals surface area contributed by atoms with Gasteiger partial charge in [-0.05, 0) is 35.1 Å². The molecule has 0 aliphatic carbocycles. The normalized spacial score (nSPS) is 10.7. The van der Waals surface area contributed by atoms with Crippen LogP contribution in [0.15, 0.2) is 23.8 Å². The van der Waals surface area contributed by atoms with Crippen LogP contribution >= 0.6 is 33.9 Å². The van der Waals surface area contributed by atoms with Crippen LogP contribution in [0.5, 0.6) is 0 Å². The average molecular weight is 360 g/mol. The van der Waals surface area contributed by atoms with Gasteiger partial charge < -0.3 is 4.57 Å². The van der Waals surface area contributed by atoms with Gasteiger partial charge in [0.05, 0.1) is 9.30 Å². The first-order valence-corrected chi connectivity index (χ1v) is 7.43. The van der Waals surface area contributed by atoms with Crippen molar-refractivity contribution in [2.75, 3.05) is 0 Å². The van der Waals surface area contributed by atoms with Crippen molar-refractivity contribution in [3.8, 4) is 0 Å². The number of rotatable bonds is 5. The highest BCUT2D eigenvalue weighted by Gasteiger charge is 2.12. The van der Waals surface area contributed by atoms with E-state index in [4.69, 9.17) is 0 Å². The van der Waals surface area contributed by atoms with Gasteiger partial charge in [-0.2, -0.15) is 0 Å². The minimum Gasteiger partial charge on any atom is -0.335 e. The van der Waals surface area contributed by atoms with E-state index < -0.39 is 0 Å². The smallest absolute Gasteiger partial charge is 0.171 e. The van der Waals surface area contributed by atoms with Crippen LogP contribution in [0, 0.1) is 2.88 Å². The molecule has 0 aliphatic heterocycles. The highest BCUT2D eigenvalue weighted by Crippen LogP contribution is 2.18. The molecule has 5 heteroatoms. The van der Waals surface area contributed by atoms with E-state index >= 15 is 0 Å². The van der Waals surface area contributed by atoms with Gasteiger partial charge in [-0.3, -0.25) is 4.79 Å². The molecule has 3 nitrogen and oxygen atoms in total. The Balaban J connectivity index is 2.10. The number of ketones is 1. The van der Waals surface area contributed by atoms with E-state index in [0.717, 1.165) is 27.2 Å². The maximum Gasteiger partial charge on any atom is 0.171 e. The second-order valence-electron chi connectivity index (χ2n) is 3.78. The molecule has 0 spiro atoms. The zero-order valence-corrected chi connectivity index (χ0v) is 12.5. The van der Waals surface area contributed by atoms with E-state index in [-0.39, 0.29) is 5.78 Å². The van der Waals surface area contributed by atoms with Crippen LogP contribution in [0.25, 0.3) is 0 Å². The number of carbonyl (C=O) groups excluding carboxylic acids is 1. The zero-order valence-electron chi connectivity index (χ0n) is 9.52. The summed E-state index contributed by atoms with van der Waals surface area (Å²) in [7, 11) is 0. The van der Waals surface area contributed by atoms with Crippen molar-refractivity contribution >= 4 is 39.7 Å². The van der Waals surface area contributed by atoms with E-state index in [1.54, 1.807) is 17.5 Å². The van der Waals surface area contributed by atoms with Crippen molar-refractivity contribution in [2.24, 2.45) is 0 Å². The molecule has 0 fully saturated rings. The predicted octanol–water partition coefficient (Wildman–Crippen LogP) is 3.38. The van der Waals surface area contributed by atoms with Crippen LogP contribution in [0.2, 0.25) is 0 Å². The molecule has 90 valence electrons. The van der Waals surface area contributed by atoms with Gasteiger partial charge in [0.15, 0.2) is 5.78 Å². The Morgan fingerprint density at radius 3 is 3.06 bits per heavy atom. The first kappa shape index (κ1) is 12.8. The van der Waals surface area contributed by atoms with E-state index in [1.165, 1.54) is 0 Å². The summed E-state index contributed by atoms with van der Waals surface area (Å²) in [6.07, 6.45) is 5.13. The zero-order chi connectivity index (χ0) is 12.3. The summed E-state index contributed by atoms with van der Waals surface area (Å²) in [4.78, 5) is 16.3. The third-order valence-electron chi connectivity index (χ3n) is 2.47. The second-order valence-corrected chi connectivity index (χ2v) is 6.58. The number of halogens is 1. The topological polar surface area (TPSA) is 34.9 Å². The molecule has 2 rings (SSSR count). The van der Waals surface area contributed by atoms with Gasteiger partial charge in [0.25, 0.3) is 0 Å². The Morgan fingerprint density at radius 2 is 2.41 bits per heavy atom. The van der Waals surface area contributed by atoms with Crippen molar-refractivity contribution in [2.45, 2.75) is 26.3 Å². The minimum atomic E-state index is 0.146. The molecule has 0 bridgehead atoms. The highest BCUT2D eigenvalue weighted by atomic mass is 127. The first-order valence-electron chi connectivity index (χ1n) is 5.48. The molecule has 0 saturated heterocycles. The average Bonchev–Trinajstić information content (AvgIpc) is 2.89. The molecule has 0 aromatic carbocycles. The summed E-state index contributed by atoms with van der Waals surface area (Å²) in [5, 5.41) is 1.91. The summed E-state index contributed by atoms with van der Waals surface area (Å²) in [6, 6.07) is 1.93. The molecule has 2 heterocycles. The fourth-order valence-electron chi connectivity index (χ4n) is 1.65. The number of hydrogen-bond donors (Lipinski definition) is 0. The van der Waals surface area contributed by atoms with Crippen molar-refractivity contribution in [3.63, 3.8) is 0 Å². The number of carbonyl (C=O) groups is 1. The largest absolute Gasteiger partial charge is 0.335 e. The lowest BCUT2D eigenvalue weighted by atomic mass is 10.1. The molecule has 2 aromatic heterocycles. The molecule has 0 amide bonds. The molecular weight excluding hydrogens is 347 g/mol. The number of imidazole rings is 1. The Bertz CT molecular complexity index is 518. The SMILES string of the molecule is CCCn1ccnc1CC(=O)c1csc(I)c1. The Morgan fingerprint density at radius 1 is 1.59 bits per heavy atom. The maximum absolute atomic E-state index is 12.0. The first-order chi connectivity index (χ1) is 8.20. The van der Waals surface area contributed by atoms with E-state index in [1.807, 2.05) is 17.6 Å². The summed E-state index contributed by atoms with van der Waals surface area (Å²) in [5.74, 6) is 1.01. The molecular formula is C12H13IN2OS. The van der Waals surface area contributed by atoms with E-state index in [9.17, 15) is 4.79 Å². The quantitative estimate of drug-likeness (QED) is 0.605. The number of Topliss-reactive ketones (excluding diaryl/α,β-unsaturated/α-hetero) is 1. The minimum absolute atomic E-state index is 0.146. The summed E-state index contributed by atoms with van der Waals surface area (Å²) < 4.78 is 3.19. The van der Waals surface area contributed by atoms with Crippen LogP contribution in [0.1, 0.15) is 29.5 Å². The van der Waals surface area contributed by atoms with Crippen LogP contribution < -0.4 is 0 Å². The van der Waals surface area contributed by atoms with Gasteiger partial charge >= 0.3 is 0 Å². The molecule has 0 atom stereocenters. The van der Waals surface area contributed by atoms with Crippen LogP contribution in [0.4, 0.5) is 0 Å². The lowest BCUT2D eigenvalue weighted by Crippen LogP contribution is -2.09. The predicted molar refractivity (Wildman–Crippen MR) is 77.6 cm³/mol.